The fourth-order valence-electron chi connectivity index (χ4n) is 2.64. The Kier molecular flexibility index (Phi) is 5.23. The maximum Gasteiger partial charge on any atom is 0.335 e. The lowest BCUT2D eigenvalue weighted by Crippen LogP contribution is -2.49. The highest BCUT2D eigenvalue weighted by Crippen LogP contribution is 2.36. The number of hydrogen-bond donors (Lipinski definition) is 1. The lowest BCUT2D eigenvalue weighted by atomic mass is 9.95. The van der Waals surface area contributed by atoms with E-state index in [1.807, 2.05) is 0 Å². The number of methoxy groups -OCH3 is 1. The molecule has 0 radical (unpaired) electrons. The number of aromatic nitrogens is 1. The molecular weight excluding hydrogens is 322 g/mol. The molecule has 0 spiro atoms. The van der Waals surface area contributed by atoms with E-state index >= 15 is 0 Å². The molecule has 1 aromatic rings. The summed E-state index contributed by atoms with van der Waals surface area (Å²) in [5, 5.41) is 9.95. The Morgan fingerprint density at radius 2 is 2.17 bits per heavy atom. The number of carbonyl (C=O) groups is 2. The molecule has 0 saturated heterocycles. The number of carboxylic acids is 1. The van der Waals surface area contributed by atoms with Gasteiger partial charge >= 0.3 is 12.0 Å². The monoisotopic (exact) mass is 339 g/mol. The Hall–Kier alpha value is -2.12. The van der Waals surface area contributed by atoms with Gasteiger partial charge in [-0.25, -0.2) is 14.6 Å². The van der Waals surface area contributed by atoms with Gasteiger partial charge in [-0.05, 0) is 18.6 Å². The number of aliphatic carboxylic acids is 1. The number of carboxylic acid groups (broad SMARTS) is 1. The average molecular weight is 340 g/mol. The molecular formula is C15H18ClN3O4. The van der Waals surface area contributed by atoms with Crippen LogP contribution in [0.2, 0.25) is 5.15 Å². The fourth-order valence-corrected chi connectivity index (χ4v) is 2.75. The van der Waals surface area contributed by atoms with Gasteiger partial charge in [0.2, 0.25) is 0 Å². The van der Waals surface area contributed by atoms with Crippen LogP contribution < -0.4 is 0 Å². The molecule has 0 aromatic carbocycles. The zero-order valence-electron chi connectivity index (χ0n) is 13.1. The summed E-state index contributed by atoms with van der Waals surface area (Å²) in [5.41, 5.74) is 1.12. The van der Waals surface area contributed by atoms with Crippen molar-refractivity contribution in [3.63, 3.8) is 0 Å². The first-order valence-corrected chi connectivity index (χ1v) is 7.35. The van der Waals surface area contributed by atoms with Crippen LogP contribution in [0.15, 0.2) is 29.6 Å². The third-order valence-corrected chi connectivity index (χ3v) is 4.03. The average Bonchev–Trinajstić information content (AvgIpc) is 2.51. The third kappa shape index (κ3) is 3.30. The molecule has 1 aromatic heterocycles. The van der Waals surface area contributed by atoms with Crippen LogP contribution in [0.5, 0.6) is 0 Å². The van der Waals surface area contributed by atoms with E-state index in [4.69, 9.17) is 16.3 Å². The molecule has 0 bridgehead atoms. The SMILES string of the molecule is COCCN1C(=O)N(C)C(c2ccc(Cl)nc2)C(C(=O)O)=C1C. The normalized spacial score (nSPS) is 18.6. The van der Waals surface area contributed by atoms with Crippen molar-refractivity contribution in [3.8, 4) is 0 Å². The number of ether oxygens (including phenoxy) is 1. The van der Waals surface area contributed by atoms with Crippen LogP contribution in [0.3, 0.4) is 0 Å². The highest BCUT2D eigenvalue weighted by atomic mass is 35.5. The number of urea groups is 1. The molecule has 124 valence electrons. The molecule has 2 heterocycles. The summed E-state index contributed by atoms with van der Waals surface area (Å²) < 4.78 is 4.99. The van der Waals surface area contributed by atoms with Crippen LogP contribution in [0.25, 0.3) is 0 Å². The maximum atomic E-state index is 12.6. The molecule has 7 nitrogen and oxygen atoms in total. The van der Waals surface area contributed by atoms with Gasteiger partial charge in [-0.1, -0.05) is 17.7 Å². The molecule has 1 aliphatic heterocycles. The zero-order chi connectivity index (χ0) is 17.1. The minimum absolute atomic E-state index is 0.132. The summed E-state index contributed by atoms with van der Waals surface area (Å²) in [7, 11) is 3.09. The molecule has 1 aliphatic rings. The second-order valence-electron chi connectivity index (χ2n) is 5.16. The Balaban J connectivity index is 2.52. The van der Waals surface area contributed by atoms with E-state index in [2.05, 4.69) is 4.98 Å². The molecule has 1 N–H and O–H groups in total. The lowest BCUT2D eigenvalue weighted by molar-refractivity contribution is -0.133. The summed E-state index contributed by atoms with van der Waals surface area (Å²) in [4.78, 5) is 31.1. The van der Waals surface area contributed by atoms with Crippen LogP contribution in [0.4, 0.5) is 4.79 Å². The van der Waals surface area contributed by atoms with Crippen LogP contribution >= 0.6 is 11.6 Å². The predicted octanol–water partition coefficient (Wildman–Crippen LogP) is 2.15. The number of likely N-dealkylation sites (N-methyl/N-ethyl adjacent to an activating group) is 1. The highest BCUT2D eigenvalue weighted by Gasteiger charge is 2.39. The van der Waals surface area contributed by atoms with Crippen molar-refractivity contribution in [3.05, 3.63) is 40.3 Å². The van der Waals surface area contributed by atoms with Crippen molar-refractivity contribution in [2.75, 3.05) is 27.3 Å². The molecule has 23 heavy (non-hydrogen) atoms. The van der Waals surface area contributed by atoms with Crippen molar-refractivity contribution in [2.24, 2.45) is 0 Å². The standard InChI is InChI=1S/C15H18ClN3O4/c1-9-12(14(20)21)13(10-4-5-11(16)17-8-10)18(2)15(22)19(9)6-7-23-3/h4-5,8,13H,6-7H2,1-3H3,(H,20,21). The van der Waals surface area contributed by atoms with Crippen molar-refractivity contribution < 1.29 is 19.4 Å². The minimum atomic E-state index is -1.08. The summed E-state index contributed by atoms with van der Waals surface area (Å²) in [5.74, 6) is -1.08. The second kappa shape index (κ2) is 6.97. The van der Waals surface area contributed by atoms with E-state index in [1.54, 1.807) is 26.1 Å². The van der Waals surface area contributed by atoms with E-state index in [0.29, 0.717) is 23.0 Å². The molecule has 0 fully saturated rings. The minimum Gasteiger partial charge on any atom is -0.478 e. The summed E-state index contributed by atoms with van der Waals surface area (Å²) >= 11 is 5.78. The Bertz CT molecular complexity index is 645. The summed E-state index contributed by atoms with van der Waals surface area (Å²) in [6.45, 7) is 2.23. The van der Waals surface area contributed by atoms with Gasteiger partial charge in [0, 0.05) is 26.1 Å². The quantitative estimate of drug-likeness (QED) is 0.831. The number of allylic oxidation sites excluding steroid dienone is 1. The lowest BCUT2D eigenvalue weighted by Gasteiger charge is -2.40. The Labute approximate surface area is 139 Å². The summed E-state index contributed by atoms with van der Waals surface area (Å²) in [6.07, 6.45) is 1.48. The zero-order valence-corrected chi connectivity index (χ0v) is 13.9. The third-order valence-electron chi connectivity index (χ3n) is 3.80. The number of amides is 2. The van der Waals surface area contributed by atoms with Crippen LogP contribution in [-0.4, -0.2) is 59.2 Å². The molecule has 0 aliphatic carbocycles. The predicted molar refractivity (Wildman–Crippen MR) is 84.1 cm³/mol. The molecule has 2 rings (SSSR count). The van der Waals surface area contributed by atoms with Crippen molar-refractivity contribution in [1.82, 2.24) is 14.8 Å². The molecule has 0 saturated carbocycles. The van der Waals surface area contributed by atoms with E-state index in [1.165, 1.54) is 23.1 Å². The van der Waals surface area contributed by atoms with Gasteiger partial charge in [0.1, 0.15) is 5.15 Å². The largest absolute Gasteiger partial charge is 0.478 e. The van der Waals surface area contributed by atoms with Crippen molar-refractivity contribution >= 4 is 23.6 Å². The van der Waals surface area contributed by atoms with Gasteiger partial charge in [-0.2, -0.15) is 0 Å². The number of carbonyl (C=O) groups excluding carboxylic acids is 1. The number of hydrogen-bond acceptors (Lipinski definition) is 4. The first kappa shape index (κ1) is 17.2. The molecule has 8 heteroatoms. The smallest absolute Gasteiger partial charge is 0.335 e. The van der Waals surface area contributed by atoms with E-state index < -0.39 is 12.0 Å². The van der Waals surface area contributed by atoms with Gasteiger partial charge in [0.25, 0.3) is 0 Å². The molecule has 1 atom stereocenters. The number of pyridine rings is 1. The van der Waals surface area contributed by atoms with E-state index in [0.717, 1.165) is 0 Å². The fraction of sp³-hybridized carbons (Fsp3) is 0.400. The summed E-state index contributed by atoms with van der Waals surface area (Å²) in [6, 6.07) is 2.24. The topological polar surface area (TPSA) is 83.0 Å². The molecule has 1 unspecified atom stereocenters. The Morgan fingerprint density at radius 1 is 1.48 bits per heavy atom. The van der Waals surface area contributed by atoms with Gasteiger partial charge in [0.15, 0.2) is 0 Å². The maximum absolute atomic E-state index is 12.6. The highest BCUT2D eigenvalue weighted by molar-refractivity contribution is 6.29. The van der Waals surface area contributed by atoms with Gasteiger partial charge < -0.3 is 14.7 Å². The van der Waals surface area contributed by atoms with Gasteiger partial charge in [-0.15, -0.1) is 0 Å². The second-order valence-corrected chi connectivity index (χ2v) is 5.55. The van der Waals surface area contributed by atoms with Crippen LogP contribution in [-0.2, 0) is 9.53 Å². The van der Waals surface area contributed by atoms with Crippen LogP contribution in [0, 0.1) is 0 Å². The van der Waals surface area contributed by atoms with Crippen LogP contribution in [0.1, 0.15) is 18.5 Å². The Morgan fingerprint density at radius 3 is 2.70 bits per heavy atom. The van der Waals surface area contributed by atoms with Crippen molar-refractivity contribution in [1.29, 1.82) is 0 Å². The number of nitrogens with zero attached hydrogens (tertiary/aromatic N) is 3. The number of rotatable bonds is 5. The number of halogens is 1. The van der Waals surface area contributed by atoms with E-state index in [-0.39, 0.29) is 18.1 Å². The van der Waals surface area contributed by atoms with E-state index in [9.17, 15) is 14.7 Å². The van der Waals surface area contributed by atoms with Gasteiger partial charge in [-0.3, -0.25) is 4.90 Å². The molecule has 2 amide bonds. The van der Waals surface area contributed by atoms with Crippen molar-refractivity contribution in [2.45, 2.75) is 13.0 Å². The first-order chi connectivity index (χ1) is 10.9. The van der Waals surface area contributed by atoms with Gasteiger partial charge in [0.05, 0.1) is 24.8 Å². The first-order valence-electron chi connectivity index (χ1n) is 6.97.